The number of hydrogen-bond acceptors (Lipinski definition) is 4. The fraction of sp³-hybridized carbons (Fsp3) is 0.556. The molecule has 1 aromatic carbocycles. The van der Waals surface area contributed by atoms with Crippen LogP contribution in [0.3, 0.4) is 0 Å². The van der Waals surface area contributed by atoms with E-state index in [9.17, 15) is 4.79 Å². The second kappa shape index (κ2) is 6.18. The molecule has 3 heterocycles. The zero-order valence-electron chi connectivity index (χ0n) is 14.3. The van der Waals surface area contributed by atoms with Crippen LogP contribution >= 0.6 is 0 Å². The van der Waals surface area contributed by atoms with Crippen molar-refractivity contribution in [2.24, 2.45) is 0 Å². The highest BCUT2D eigenvalue weighted by Gasteiger charge is 2.33. The van der Waals surface area contributed by atoms with Crippen molar-refractivity contribution in [3.63, 3.8) is 0 Å². The molecule has 2 aliphatic rings. The second-order valence-corrected chi connectivity index (χ2v) is 7.17. The third kappa shape index (κ3) is 2.80. The van der Waals surface area contributed by atoms with E-state index in [1.165, 1.54) is 5.56 Å². The van der Waals surface area contributed by atoms with Crippen LogP contribution in [0.2, 0.25) is 0 Å². The van der Waals surface area contributed by atoms with Crippen LogP contribution in [0.4, 0.5) is 0 Å². The molecule has 0 aliphatic carbocycles. The van der Waals surface area contributed by atoms with Crippen molar-refractivity contribution < 1.29 is 4.79 Å². The predicted octanol–water partition coefficient (Wildman–Crippen LogP) is 1.83. The zero-order valence-corrected chi connectivity index (χ0v) is 14.3. The number of nitrogens with one attached hydrogen (secondary N) is 3. The molecular formula is C18H25N5O. The van der Waals surface area contributed by atoms with Gasteiger partial charge in [0.05, 0.1) is 11.0 Å². The van der Waals surface area contributed by atoms with Gasteiger partial charge in [0, 0.05) is 25.0 Å². The summed E-state index contributed by atoms with van der Waals surface area (Å²) in [6.07, 6.45) is 2.81. The number of carbonyl (C=O) groups excluding carboxylic acids is 1. The van der Waals surface area contributed by atoms with E-state index >= 15 is 0 Å². The third-order valence-corrected chi connectivity index (χ3v) is 5.32. The molecule has 128 valence electrons. The Hall–Kier alpha value is -1.92. The minimum Gasteiger partial charge on any atom is -0.342 e. The maximum Gasteiger partial charge on any atom is 0.241 e. The summed E-state index contributed by atoms with van der Waals surface area (Å²) in [5.41, 5.74) is 9.63. The van der Waals surface area contributed by atoms with Gasteiger partial charge >= 0.3 is 0 Å². The van der Waals surface area contributed by atoms with Crippen LogP contribution in [-0.4, -0.2) is 45.9 Å². The number of likely N-dealkylation sites (tertiary alicyclic amines) is 1. The quantitative estimate of drug-likeness (QED) is 0.787. The average molecular weight is 327 g/mol. The van der Waals surface area contributed by atoms with Crippen molar-refractivity contribution >= 4 is 16.9 Å². The number of nitrogens with zero attached hydrogens (tertiary/aromatic N) is 2. The lowest BCUT2D eigenvalue weighted by molar-refractivity contribution is -0.134. The van der Waals surface area contributed by atoms with Gasteiger partial charge < -0.3 is 9.88 Å². The van der Waals surface area contributed by atoms with E-state index in [1.807, 2.05) is 4.90 Å². The smallest absolute Gasteiger partial charge is 0.241 e. The maximum atomic E-state index is 12.6. The number of para-hydroxylation sites is 1. The molecule has 2 saturated heterocycles. The van der Waals surface area contributed by atoms with Gasteiger partial charge in [-0.25, -0.2) is 10.4 Å². The van der Waals surface area contributed by atoms with E-state index < -0.39 is 0 Å². The number of imidazole rings is 1. The Morgan fingerprint density at radius 1 is 1.25 bits per heavy atom. The summed E-state index contributed by atoms with van der Waals surface area (Å²) < 4.78 is 0. The molecule has 6 nitrogen and oxygen atoms in total. The number of amides is 1. The van der Waals surface area contributed by atoms with E-state index in [0.29, 0.717) is 12.0 Å². The van der Waals surface area contributed by atoms with Crippen molar-refractivity contribution in [3.05, 3.63) is 29.6 Å². The summed E-state index contributed by atoms with van der Waals surface area (Å²) in [7, 11) is 0. The summed E-state index contributed by atoms with van der Waals surface area (Å²) in [6, 6.07) is 6.51. The molecule has 2 fully saturated rings. The molecule has 0 bridgehead atoms. The van der Waals surface area contributed by atoms with E-state index in [4.69, 9.17) is 4.98 Å². The van der Waals surface area contributed by atoms with Crippen LogP contribution in [0.15, 0.2) is 18.2 Å². The number of hydrogen-bond donors (Lipinski definition) is 3. The van der Waals surface area contributed by atoms with Gasteiger partial charge in [0.2, 0.25) is 5.91 Å². The average Bonchev–Trinajstić information content (AvgIpc) is 3.21. The number of H-pyrrole nitrogens is 1. The van der Waals surface area contributed by atoms with E-state index in [2.05, 4.69) is 47.9 Å². The normalized spacial score (nSPS) is 25.5. The number of hydrazine groups is 1. The predicted molar refractivity (Wildman–Crippen MR) is 93.5 cm³/mol. The molecule has 2 unspecified atom stereocenters. The molecule has 6 heteroatoms. The van der Waals surface area contributed by atoms with E-state index in [1.54, 1.807) is 0 Å². The molecule has 2 aromatic rings. The summed E-state index contributed by atoms with van der Waals surface area (Å²) in [6.45, 7) is 5.81. The summed E-state index contributed by atoms with van der Waals surface area (Å²) in [5, 5.41) is 0. The van der Waals surface area contributed by atoms with Crippen molar-refractivity contribution in [2.75, 3.05) is 13.1 Å². The van der Waals surface area contributed by atoms with Crippen LogP contribution in [0.1, 0.15) is 43.5 Å². The fourth-order valence-electron chi connectivity index (χ4n) is 3.86. The molecule has 1 aromatic heterocycles. The Balaban J connectivity index is 1.42. The van der Waals surface area contributed by atoms with Crippen molar-refractivity contribution in [3.8, 4) is 0 Å². The topological polar surface area (TPSA) is 73.1 Å². The minimum absolute atomic E-state index is 0.0783. The SMILES string of the molecule is Cc1cccc2[nH]c(C3CCN(C(=O)C4CC(C)NN4)CC3)nc12. The largest absolute Gasteiger partial charge is 0.342 e. The number of fused-ring (bicyclic) bond motifs is 1. The number of carbonyl (C=O) groups is 1. The Bertz CT molecular complexity index is 747. The maximum absolute atomic E-state index is 12.6. The zero-order chi connectivity index (χ0) is 16.7. The Morgan fingerprint density at radius 3 is 2.71 bits per heavy atom. The first-order valence-corrected chi connectivity index (χ1v) is 8.87. The van der Waals surface area contributed by atoms with Crippen LogP contribution < -0.4 is 10.9 Å². The molecule has 2 atom stereocenters. The number of aromatic nitrogens is 2. The first kappa shape index (κ1) is 15.6. The van der Waals surface area contributed by atoms with E-state index in [-0.39, 0.29) is 11.9 Å². The van der Waals surface area contributed by atoms with Gasteiger partial charge in [0.15, 0.2) is 0 Å². The Kier molecular flexibility index (Phi) is 4.02. The third-order valence-electron chi connectivity index (χ3n) is 5.32. The Morgan fingerprint density at radius 2 is 2.04 bits per heavy atom. The van der Waals surface area contributed by atoms with Crippen LogP contribution in [0.5, 0.6) is 0 Å². The lowest BCUT2D eigenvalue weighted by atomic mass is 9.95. The van der Waals surface area contributed by atoms with E-state index in [0.717, 1.165) is 49.2 Å². The number of rotatable bonds is 2. The lowest BCUT2D eigenvalue weighted by Gasteiger charge is -2.32. The number of benzene rings is 1. The van der Waals surface area contributed by atoms with Crippen molar-refractivity contribution in [1.82, 2.24) is 25.7 Å². The highest BCUT2D eigenvalue weighted by atomic mass is 16.2. The van der Waals surface area contributed by atoms with Gasteiger partial charge in [-0.2, -0.15) is 0 Å². The number of aromatic amines is 1. The lowest BCUT2D eigenvalue weighted by Crippen LogP contribution is -2.48. The number of piperidine rings is 1. The molecule has 1 amide bonds. The van der Waals surface area contributed by atoms with Gasteiger partial charge in [-0.15, -0.1) is 0 Å². The standard InChI is InChI=1S/C18H25N5O/c1-11-4-3-5-14-16(11)20-17(19-14)13-6-8-23(9-7-13)18(24)15-10-12(2)21-22-15/h3-5,12-13,15,21-22H,6-10H2,1-2H3,(H,19,20). The van der Waals surface area contributed by atoms with Crippen LogP contribution in [0.25, 0.3) is 11.0 Å². The van der Waals surface area contributed by atoms with Crippen molar-refractivity contribution in [1.29, 1.82) is 0 Å². The van der Waals surface area contributed by atoms with Crippen molar-refractivity contribution in [2.45, 2.75) is 51.1 Å². The molecule has 24 heavy (non-hydrogen) atoms. The molecule has 3 N–H and O–H groups in total. The van der Waals surface area contributed by atoms with Gasteiger partial charge in [0.25, 0.3) is 0 Å². The van der Waals surface area contributed by atoms with Gasteiger partial charge in [-0.1, -0.05) is 12.1 Å². The van der Waals surface area contributed by atoms with Crippen LogP contribution in [0, 0.1) is 6.92 Å². The molecular weight excluding hydrogens is 302 g/mol. The summed E-state index contributed by atoms with van der Waals surface area (Å²) in [4.78, 5) is 22.9. The molecule has 4 rings (SSSR count). The Labute approximate surface area is 142 Å². The molecule has 0 spiro atoms. The second-order valence-electron chi connectivity index (χ2n) is 7.17. The molecule has 2 aliphatic heterocycles. The fourth-order valence-corrected chi connectivity index (χ4v) is 3.86. The van der Waals surface area contributed by atoms with Gasteiger partial charge in [0.1, 0.15) is 11.9 Å². The number of aryl methyl sites for hydroxylation is 1. The summed E-state index contributed by atoms with van der Waals surface area (Å²) >= 11 is 0. The van der Waals surface area contributed by atoms with Crippen LogP contribution in [-0.2, 0) is 4.79 Å². The molecule has 0 radical (unpaired) electrons. The first-order valence-electron chi connectivity index (χ1n) is 8.87. The summed E-state index contributed by atoms with van der Waals surface area (Å²) in [5.74, 6) is 1.71. The molecule has 0 saturated carbocycles. The van der Waals surface area contributed by atoms with Gasteiger partial charge in [-0.3, -0.25) is 10.2 Å². The monoisotopic (exact) mass is 327 g/mol. The minimum atomic E-state index is -0.0783. The highest BCUT2D eigenvalue weighted by molar-refractivity contribution is 5.82. The first-order chi connectivity index (χ1) is 11.6. The highest BCUT2D eigenvalue weighted by Crippen LogP contribution is 2.29. The van der Waals surface area contributed by atoms with Gasteiger partial charge in [-0.05, 0) is 44.7 Å².